The van der Waals surface area contributed by atoms with E-state index in [1.807, 2.05) is 36.4 Å². The highest BCUT2D eigenvalue weighted by molar-refractivity contribution is 5.86. The van der Waals surface area contributed by atoms with Gasteiger partial charge in [0.05, 0.1) is 19.9 Å². The molecule has 0 bridgehead atoms. The lowest BCUT2D eigenvalue weighted by atomic mass is 9.65. The molecule has 0 amide bonds. The third-order valence-electron chi connectivity index (χ3n) is 6.71. The summed E-state index contributed by atoms with van der Waals surface area (Å²) in [5.74, 6) is 2.42. The van der Waals surface area contributed by atoms with Crippen LogP contribution in [0.4, 0.5) is 0 Å². The number of benzene rings is 2. The Morgan fingerprint density at radius 1 is 1.00 bits per heavy atom. The first-order valence-corrected chi connectivity index (χ1v) is 10.9. The molecular weight excluding hydrogens is 392 g/mol. The predicted octanol–water partition coefficient (Wildman–Crippen LogP) is 4.28. The van der Waals surface area contributed by atoms with Crippen molar-refractivity contribution in [1.82, 2.24) is 4.90 Å². The molecule has 2 fully saturated rings. The first-order valence-electron chi connectivity index (χ1n) is 10.9. The molecule has 1 saturated carbocycles. The van der Waals surface area contributed by atoms with E-state index < -0.39 is 0 Å². The monoisotopic (exact) mass is 424 g/mol. The summed E-state index contributed by atoms with van der Waals surface area (Å²) in [5, 5.41) is 4.46. The zero-order chi connectivity index (χ0) is 21.7. The Labute approximate surface area is 184 Å². The molecule has 1 aliphatic carbocycles. The van der Waals surface area contributed by atoms with Crippen LogP contribution >= 0.6 is 0 Å². The predicted molar refractivity (Wildman–Crippen MR) is 121 cm³/mol. The molecule has 0 unspecified atom stereocenters. The summed E-state index contributed by atoms with van der Waals surface area (Å²) in [5.41, 5.74) is 2.58. The van der Waals surface area contributed by atoms with Crippen LogP contribution in [0.3, 0.4) is 0 Å². The van der Waals surface area contributed by atoms with Gasteiger partial charge in [0.1, 0.15) is 12.4 Å². The van der Waals surface area contributed by atoms with Crippen LogP contribution in [0, 0.1) is 0 Å². The van der Waals surface area contributed by atoms with E-state index in [1.54, 1.807) is 14.2 Å². The lowest BCUT2D eigenvalue weighted by Gasteiger charge is -2.42. The zero-order valence-electron chi connectivity index (χ0n) is 18.7. The molecule has 2 aromatic carbocycles. The average molecular weight is 425 g/mol. The summed E-state index contributed by atoms with van der Waals surface area (Å²) < 4.78 is 16.7. The standard InChI is InChI=1S/C25H32N2O4/c1-27-14-13-25(19-9-10-22(28-2)23(17-19)29-3)12-11-20(18-24(25)27)26-31-16-15-30-21-7-5-4-6-8-21/h4-10,17,24H,11-16,18H2,1-3H3/b26-20+/t24-,25-/m0/s1. The minimum Gasteiger partial charge on any atom is -0.493 e. The molecule has 31 heavy (non-hydrogen) atoms. The van der Waals surface area contributed by atoms with Gasteiger partial charge < -0.3 is 23.9 Å². The molecule has 1 aliphatic heterocycles. The molecule has 1 heterocycles. The van der Waals surface area contributed by atoms with Crippen molar-refractivity contribution in [1.29, 1.82) is 0 Å². The van der Waals surface area contributed by atoms with E-state index >= 15 is 0 Å². The number of ether oxygens (including phenoxy) is 3. The van der Waals surface area contributed by atoms with E-state index in [2.05, 4.69) is 29.2 Å². The summed E-state index contributed by atoms with van der Waals surface area (Å²) in [4.78, 5) is 8.05. The first kappa shape index (κ1) is 21.5. The minimum absolute atomic E-state index is 0.115. The van der Waals surface area contributed by atoms with Crippen LogP contribution < -0.4 is 14.2 Å². The van der Waals surface area contributed by atoms with Gasteiger partial charge in [0.2, 0.25) is 0 Å². The van der Waals surface area contributed by atoms with Crippen molar-refractivity contribution in [3.8, 4) is 17.2 Å². The number of likely N-dealkylation sites (tertiary alicyclic amines) is 1. The van der Waals surface area contributed by atoms with Crippen LogP contribution in [0.25, 0.3) is 0 Å². The van der Waals surface area contributed by atoms with E-state index in [0.717, 1.165) is 55.2 Å². The molecule has 4 rings (SSSR count). The summed E-state index contributed by atoms with van der Waals surface area (Å²) in [6, 6.07) is 16.6. The normalized spacial score (nSPS) is 24.6. The molecule has 2 atom stereocenters. The van der Waals surface area contributed by atoms with Gasteiger partial charge in [-0.1, -0.05) is 29.4 Å². The van der Waals surface area contributed by atoms with Gasteiger partial charge in [-0.05, 0) is 62.7 Å². The van der Waals surface area contributed by atoms with Crippen LogP contribution in [0.1, 0.15) is 31.2 Å². The van der Waals surface area contributed by atoms with Crippen molar-refractivity contribution in [2.75, 3.05) is 41.0 Å². The maximum Gasteiger partial charge on any atom is 0.161 e. The molecule has 0 radical (unpaired) electrons. The highest BCUT2D eigenvalue weighted by Gasteiger charge is 2.50. The largest absolute Gasteiger partial charge is 0.493 e. The summed E-state index contributed by atoms with van der Waals surface area (Å²) in [6.45, 7) is 2.01. The number of likely N-dealkylation sites (N-methyl/N-ethyl adjacent to an activating group) is 1. The van der Waals surface area contributed by atoms with Gasteiger partial charge in [-0.25, -0.2) is 0 Å². The number of fused-ring (bicyclic) bond motifs is 1. The average Bonchev–Trinajstić information content (AvgIpc) is 3.16. The third kappa shape index (κ3) is 4.49. The number of para-hydroxylation sites is 1. The Kier molecular flexibility index (Phi) is 6.66. The topological polar surface area (TPSA) is 52.5 Å². The zero-order valence-corrected chi connectivity index (χ0v) is 18.7. The Hall–Kier alpha value is -2.73. The first-order chi connectivity index (χ1) is 15.2. The number of methoxy groups -OCH3 is 2. The molecule has 0 aromatic heterocycles. The molecule has 0 spiro atoms. The van der Waals surface area contributed by atoms with Gasteiger partial charge in [0, 0.05) is 17.9 Å². The van der Waals surface area contributed by atoms with Crippen molar-refractivity contribution in [3.05, 3.63) is 54.1 Å². The molecule has 1 saturated heterocycles. The Bertz CT molecular complexity index is 902. The van der Waals surface area contributed by atoms with Crippen LogP contribution in [0.15, 0.2) is 53.7 Å². The van der Waals surface area contributed by atoms with Crippen molar-refractivity contribution >= 4 is 5.71 Å². The molecule has 6 nitrogen and oxygen atoms in total. The fourth-order valence-corrected chi connectivity index (χ4v) is 5.02. The van der Waals surface area contributed by atoms with Crippen molar-refractivity contribution in [3.63, 3.8) is 0 Å². The maximum atomic E-state index is 5.67. The highest BCUT2D eigenvalue weighted by atomic mass is 16.6. The SMILES string of the molecule is COc1ccc([C@@]23CC/C(=N\OCCOc4ccccc4)C[C@@H]2N(C)CC3)cc1OC. The van der Waals surface area contributed by atoms with Gasteiger partial charge in [-0.2, -0.15) is 0 Å². The third-order valence-corrected chi connectivity index (χ3v) is 6.71. The molecule has 6 heteroatoms. The lowest BCUT2D eigenvalue weighted by Crippen LogP contribution is -2.46. The van der Waals surface area contributed by atoms with Crippen molar-refractivity contribution in [2.45, 2.75) is 37.1 Å². The summed E-state index contributed by atoms with van der Waals surface area (Å²) >= 11 is 0. The maximum absolute atomic E-state index is 5.67. The fraction of sp³-hybridized carbons (Fsp3) is 0.480. The van der Waals surface area contributed by atoms with Crippen LogP contribution in [0.5, 0.6) is 17.2 Å². The highest BCUT2D eigenvalue weighted by Crippen LogP contribution is 2.49. The van der Waals surface area contributed by atoms with E-state index in [0.29, 0.717) is 19.3 Å². The number of hydrogen-bond donors (Lipinski definition) is 0. The number of oxime groups is 1. The van der Waals surface area contributed by atoms with Gasteiger partial charge in [-0.3, -0.25) is 0 Å². The van der Waals surface area contributed by atoms with Gasteiger partial charge >= 0.3 is 0 Å². The Morgan fingerprint density at radius 2 is 1.81 bits per heavy atom. The molecule has 2 aromatic rings. The molecule has 0 N–H and O–H groups in total. The lowest BCUT2D eigenvalue weighted by molar-refractivity contribution is 0.104. The smallest absolute Gasteiger partial charge is 0.161 e. The van der Waals surface area contributed by atoms with Crippen LogP contribution in [-0.4, -0.2) is 57.7 Å². The number of hydrogen-bond acceptors (Lipinski definition) is 6. The second-order valence-corrected chi connectivity index (χ2v) is 8.33. The van der Waals surface area contributed by atoms with E-state index in [1.165, 1.54) is 5.56 Å². The van der Waals surface area contributed by atoms with Crippen molar-refractivity contribution < 1.29 is 19.0 Å². The fourth-order valence-electron chi connectivity index (χ4n) is 5.02. The Morgan fingerprint density at radius 3 is 2.58 bits per heavy atom. The second-order valence-electron chi connectivity index (χ2n) is 8.33. The molecule has 2 aliphatic rings. The van der Waals surface area contributed by atoms with Crippen molar-refractivity contribution in [2.24, 2.45) is 5.16 Å². The van der Waals surface area contributed by atoms with E-state index in [-0.39, 0.29) is 5.41 Å². The van der Waals surface area contributed by atoms with Gasteiger partial charge in [0.15, 0.2) is 18.1 Å². The molecule has 166 valence electrons. The van der Waals surface area contributed by atoms with Crippen LogP contribution in [-0.2, 0) is 10.3 Å². The molecular formula is C25H32N2O4. The minimum atomic E-state index is 0.115. The quantitative estimate of drug-likeness (QED) is 0.468. The number of rotatable bonds is 8. The van der Waals surface area contributed by atoms with E-state index in [9.17, 15) is 0 Å². The van der Waals surface area contributed by atoms with Crippen LogP contribution in [0.2, 0.25) is 0 Å². The summed E-state index contributed by atoms with van der Waals surface area (Å²) in [7, 11) is 5.59. The second kappa shape index (κ2) is 9.60. The van der Waals surface area contributed by atoms with Gasteiger partial charge in [0.25, 0.3) is 0 Å². The summed E-state index contributed by atoms with van der Waals surface area (Å²) in [6.07, 6.45) is 4.06. The van der Waals surface area contributed by atoms with Gasteiger partial charge in [-0.15, -0.1) is 0 Å². The number of nitrogens with zero attached hydrogens (tertiary/aromatic N) is 2. The Balaban J connectivity index is 1.40. The van der Waals surface area contributed by atoms with E-state index in [4.69, 9.17) is 19.0 Å².